The molecule has 0 amide bonds. The van der Waals surface area contributed by atoms with Gasteiger partial charge in [0.25, 0.3) is 0 Å². The summed E-state index contributed by atoms with van der Waals surface area (Å²) in [6.07, 6.45) is 0. The number of sulfonamides is 1. The molecule has 0 aromatic heterocycles. The van der Waals surface area contributed by atoms with E-state index in [1.807, 2.05) is 0 Å². The molecule has 0 saturated heterocycles. The van der Waals surface area contributed by atoms with Crippen molar-refractivity contribution in [1.29, 1.82) is 0 Å². The first-order valence-corrected chi connectivity index (χ1v) is 7.86. The van der Waals surface area contributed by atoms with Crippen LogP contribution in [0.25, 0.3) is 0 Å². The molecule has 0 aliphatic rings. The van der Waals surface area contributed by atoms with Gasteiger partial charge in [0, 0.05) is 6.54 Å². The maximum Gasteiger partial charge on any atom is 0.241 e. The molecule has 0 radical (unpaired) electrons. The lowest BCUT2D eigenvalue weighted by Crippen LogP contribution is -2.24. The number of hydrogen-bond donors (Lipinski definition) is 2. The first-order chi connectivity index (χ1) is 9.94. The quantitative estimate of drug-likeness (QED) is 0.889. The van der Waals surface area contributed by atoms with Gasteiger partial charge in [0.15, 0.2) is 0 Å². The SMILES string of the molecule is Cc1ccc(F)cc1S(=O)(=O)NCc1ccccc1CO. The molecule has 112 valence electrons. The van der Waals surface area contributed by atoms with E-state index in [0.29, 0.717) is 16.7 Å². The Labute approximate surface area is 123 Å². The van der Waals surface area contributed by atoms with E-state index in [1.165, 1.54) is 12.1 Å². The summed E-state index contributed by atoms with van der Waals surface area (Å²) in [6, 6.07) is 10.6. The van der Waals surface area contributed by atoms with Crippen LogP contribution in [0.4, 0.5) is 4.39 Å². The summed E-state index contributed by atoms with van der Waals surface area (Å²) in [6.45, 7) is 1.47. The highest BCUT2D eigenvalue weighted by molar-refractivity contribution is 7.89. The van der Waals surface area contributed by atoms with E-state index in [9.17, 15) is 17.9 Å². The molecule has 21 heavy (non-hydrogen) atoms. The molecule has 0 unspecified atom stereocenters. The summed E-state index contributed by atoms with van der Waals surface area (Å²) in [5.41, 5.74) is 1.80. The maximum atomic E-state index is 13.2. The monoisotopic (exact) mass is 309 g/mol. The number of nitrogens with one attached hydrogen (secondary N) is 1. The third-order valence-electron chi connectivity index (χ3n) is 3.18. The maximum absolute atomic E-state index is 13.2. The molecule has 0 bridgehead atoms. The molecule has 2 rings (SSSR count). The summed E-state index contributed by atoms with van der Waals surface area (Å²) in [5, 5.41) is 9.22. The number of aryl methyl sites for hydroxylation is 1. The van der Waals surface area contributed by atoms with E-state index >= 15 is 0 Å². The van der Waals surface area contributed by atoms with Gasteiger partial charge in [0.05, 0.1) is 11.5 Å². The van der Waals surface area contributed by atoms with E-state index in [-0.39, 0.29) is 18.0 Å². The molecule has 0 spiro atoms. The van der Waals surface area contributed by atoms with Gasteiger partial charge < -0.3 is 5.11 Å². The second-order valence-corrected chi connectivity index (χ2v) is 6.40. The van der Waals surface area contributed by atoms with Crippen LogP contribution in [0.3, 0.4) is 0 Å². The van der Waals surface area contributed by atoms with Crippen molar-refractivity contribution in [3.05, 3.63) is 65.0 Å². The van der Waals surface area contributed by atoms with Crippen LogP contribution in [0.5, 0.6) is 0 Å². The van der Waals surface area contributed by atoms with Crippen LogP contribution in [-0.4, -0.2) is 13.5 Å². The number of benzene rings is 2. The van der Waals surface area contributed by atoms with Gasteiger partial charge in [-0.05, 0) is 35.7 Å². The molecule has 0 heterocycles. The average Bonchev–Trinajstić information content (AvgIpc) is 2.48. The Kier molecular flexibility index (Phi) is 4.72. The fourth-order valence-electron chi connectivity index (χ4n) is 2.00. The summed E-state index contributed by atoms with van der Waals surface area (Å²) in [5.74, 6) is -0.600. The van der Waals surface area contributed by atoms with Gasteiger partial charge in [-0.3, -0.25) is 0 Å². The first-order valence-electron chi connectivity index (χ1n) is 6.37. The molecule has 0 aliphatic carbocycles. The van der Waals surface area contributed by atoms with Crippen LogP contribution in [0.2, 0.25) is 0 Å². The van der Waals surface area contributed by atoms with Crippen LogP contribution in [-0.2, 0) is 23.2 Å². The van der Waals surface area contributed by atoms with Gasteiger partial charge in [-0.1, -0.05) is 30.3 Å². The minimum absolute atomic E-state index is 0.0367. The lowest BCUT2D eigenvalue weighted by atomic mass is 10.1. The van der Waals surface area contributed by atoms with Gasteiger partial charge in [-0.2, -0.15) is 0 Å². The Hall–Kier alpha value is -1.76. The first kappa shape index (κ1) is 15.6. The number of hydrogen-bond acceptors (Lipinski definition) is 3. The third kappa shape index (κ3) is 3.66. The molecule has 0 saturated carbocycles. The van der Waals surface area contributed by atoms with Crippen molar-refractivity contribution in [3.8, 4) is 0 Å². The summed E-state index contributed by atoms with van der Waals surface area (Å²) < 4.78 is 40.1. The lowest BCUT2D eigenvalue weighted by molar-refractivity contribution is 0.280. The average molecular weight is 309 g/mol. The minimum atomic E-state index is -3.81. The molecular weight excluding hydrogens is 293 g/mol. The van der Waals surface area contributed by atoms with Crippen LogP contribution in [0, 0.1) is 12.7 Å². The summed E-state index contributed by atoms with van der Waals surface area (Å²) in [4.78, 5) is -0.0796. The van der Waals surface area contributed by atoms with E-state index in [4.69, 9.17) is 0 Å². The Morgan fingerprint density at radius 2 is 1.81 bits per heavy atom. The zero-order valence-corrected chi connectivity index (χ0v) is 12.3. The van der Waals surface area contributed by atoms with Crippen molar-refractivity contribution in [2.45, 2.75) is 25.0 Å². The number of rotatable bonds is 5. The lowest BCUT2D eigenvalue weighted by Gasteiger charge is -2.11. The third-order valence-corrected chi connectivity index (χ3v) is 4.72. The minimum Gasteiger partial charge on any atom is -0.392 e. The molecular formula is C15H16FNO3S. The van der Waals surface area contributed by atoms with Crippen LogP contribution >= 0.6 is 0 Å². The van der Waals surface area contributed by atoms with E-state index < -0.39 is 15.8 Å². The zero-order chi connectivity index (χ0) is 15.5. The van der Waals surface area contributed by atoms with Crippen molar-refractivity contribution in [1.82, 2.24) is 4.72 Å². The van der Waals surface area contributed by atoms with Gasteiger partial charge in [0.2, 0.25) is 10.0 Å². The smallest absolute Gasteiger partial charge is 0.241 e. The van der Waals surface area contributed by atoms with Gasteiger partial charge >= 0.3 is 0 Å². The van der Waals surface area contributed by atoms with Crippen molar-refractivity contribution in [3.63, 3.8) is 0 Å². The van der Waals surface area contributed by atoms with Crippen LogP contribution in [0.1, 0.15) is 16.7 Å². The largest absolute Gasteiger partial charge is 0.392 e. The van der Waals surface area contributed by atoms with Gasteiger partial charge in [-0.25, -0.2) is 17.5 Å². The normalized spacial score (nSPS) is 11.6. The second kappa shape index (κ2) is 6.34. The molecule has 2 aromatic carbocycles. The molecule has 2 N–H and O–H groups in total. The predicted octanol–water partition coefficient (Wildman–Crippen LogP) is 2.10. The fraction of sp³-hybridized carbons (Fsp3) is 0.200. The molecule has 6 heteroatoms. The molecule has 4 nitrogen and oxygen atoms in total. The molecule has 0 atom stereocenters. The van der Waals surface area contributed by atoms with Gasteiger partial charge in [0.1, 0.15) is 5.82 Å². The number of halogens is 1. The van der Waals surface area contributed by atoms with E-state index in [1.54, 1.807) is 31.2 Å². The highest BCUT2D eigenvalue weighted by atomic mass is 32.2. The van der Waals surface area contributed by atoms with Crippen molar-refractivity contribution in [2.75, 3.05) is 0 Å². The Morgan fingerprint density at radius 1 is 1.14 bits per heavy atom. The molecule has 0 fully saturated rings. The Balaban J connectivity index is 2.24. The van der Waals surface area contributed by atoms with E-state index in [2.05, 4.69) is 4.72 Å². The van der Waals surface area contributed by atoms with Gasteiger partial charge in [-0.15, -0.1) is 0 Å². The zero-order valence-electron chi connectivity index (χ0n) is 11.5. The van der Waals surface area contributed by atoms with Crippen LogP contribution < -0.4 is 4.72 Å². The topological polar surface area (TPSA) is 66.4 Å². The Morgan fingerprint density at radius 3 is 2.48 bits per heavy atom. The number of aliphatic hydroxyl groups is 1. The Bertz CT molecular complexity index is 744. The molecule has 0 aliphatic heterocycles. The van der Waals surface area contributed by atoms with Crippen LogP contribution in [0.15, 0.2) is 47.4 Å². The highest BCUT2D eigenvalue weighted by Crippen LogP contribution is 2.17. The summed E-state index contributed by atoms with van der Waals surface area (Å²) in [7, 11) is -3.81. The van der Waals surface area contributed by atoms with Crippen molar-refractivity contribution in [2.24, 2.45) is 0 Å². The second-order valence-electron chi connectivity index (χ2n) is 4.66. The van der Waals surface area contributed by atoms with E-state index in [0.717, 1.165) is 6.07 Å². The van der Waals surface area contributed by atoms with Crippen molar-refractivity contribution < 1.29 is 17.9 Å². The highest BCUT2D eigenvalue weighted by Gasteiger charge is 2.17. The standard InChI is InChI=1S/C15H16FNO3S/c1-11-6-7-14(16)8-15(11)21(19,20)17-9-12-4-2-3-5-13(12)10-18/h2-8,17-18H,9-10H2,1H3. The fourth-order valence-corrected chi connectivity index (χ4v) is 3.26. The van der Waals surface area contributed by atoms with Crippen molar-refractivity contribution >= 4 is 10.0 Å². The predicted molar refractivity (Wildman–Crippen MR) is 77.5 cm³/mol. The molecule has 2 aromatic rings. The summed E-state index contributed by atoms with van der Waals surface area (Å²) >= 11 is 0. The number of aliphatic hydroxyl groups excluding tert-OH is 1.